The number of nitrogens with one attached hydrogen (secondary N) is 11. The number of aromatic amines is 2. The number of likely N-dealkylation sites (N-methyl/N-ethyl adjacent to an activating group) is 1. The third kappa shape index (κ3) is 27.7. The first-order valence-electron chi connectivity index (χ1n) is 38.3. The van der Waals surface area contributed by atoms with E-state index in [1.54, 1.807) is 63.4 Å². The largest absolute Gasteiger partial charge is 0.508 e. The standard InChI is InChI=1S/C59H84N16O12.C20H17FO4S.C2H4O2/c1-6-63-57(86)48-14-10-22-75(48)58(87)41(13-9-21-64-59(60)61)68-51(80)42(23-32(2)3)69-52(81)43(24-33(4)5)70-53(82)44(25-34-15-17-37(77)18-16-34)71-56(85)47(30-76)74-54(83)45(26-35-28-65-39-12-8-7-11-38(35)39)72-55(84)46(27-36-29-62-31-66-36)73-50(79)40-19-20-49(78)67-40;1-12-17(9-13-3-6-15(7-4-13)26(2,24)25)16-8-5-14(21)10-19(16)18(12)11-20(22)23;1-2(3)4/h7-8,11-12,15-18,28-29,31-33,40-48,65,76-77H,6,9-10,13-14,19-27,30H2,1-5H3,(H,62,66)(H,63,86)(H,67,78)(H,68,80)(H,69,81)(H,70,82)(H,71,85)(H,72,84)(H,73,79)(H,74,83)(H4,60,61,64);3-10H,11H2,1-2H3,(H,22,23);1H3,(H,3,4)/b;17-9-;/t40-,41-,42-,43+,44-,45-,46-,47-,48-;;/m0../s1. The maximum atomic E-state index is 14.7. The molecule has 10 amide bonds. The van der Waals surface area contributed by atoms with E-state index in [1.807, 2.05) is 32.9 Å². The van der Waals surface area contributed by atoms with Crippen molar-refractivity contribution < 1.29 is 90.8 Å². The summed E-state index contributed by atoms with van der Waals surface area (Å²) in [4.78, 5) is 176. The summed E-state index contributed by atoms with van der Waals surface area (Å²) >= 11 is 0. The second kappa shape index (κ2) is 43.4. The molecular formula is C81H105FN16O18S. The smallest absolute Gasteiger partial charge is 0.307 e. The highest BCUT2D eigenvalue weighted by Gasteiger charge is 2.40. The number of carbonyl (C=O) groups excluding carboxylic acids is 10. The van der Waals surface area contributed by atoms with Gasteiger partial charge in [-0.2, -0.15) is 0 Å². The summed E-state index contributed by atoms with van der Waals surface area (Å²) in [6, 6.07) is 12.3. The number of carboxylic acid groups (broad SMARTS) is 2. The van der Waals surface area contributed by atoms with E-state index in [2.05, 4.69) is 67.8 Å². The lowest BCUT2D eigenvalue weighted by atomic mass is 9.98. The maximum Gasteiger partial charge on any atom is 0.307 e. The molecule has 2 aliphatic heterocycles. The van der Waals surface area contributed by atoms with E-state index < -0.39 is 136 Å². The number of likely N-dealkylation sites (tertiary alicyclic amines) is 1. The van der Waals surface area contributed by atoms with Crippen molar-refractivity contribution in [1.29, 1.82) is 0 Å². The van der Waals surface area contributed by atoms with Gasteiger partial charge < -0.3 is 94.6 Å². The van der Waals surface area contributed by atoms with Gasteiger partial charge in [0.2, 0.25) is 59.1 Å². The summed E-state index contributed by atoms with van der Waals surface area (Å²) < 4.78 is 36.8. The number of sulfone groups is 1. The van der Waals surface area contributed by atoms with Crippen LogP contribution in [0, 0.1) is 17.7 Å². The predicted molar refractivity (Wildman–Crippen MR) is 432 cm³/mol. The number of aliphatic carboxylic acids is 2. The zero-order valence-corrected chi connectivity index (χ0v) is 67.2. The number of carboxylic acids is 2. The Bertz CT molecular complexity index is 4750. The monoisotopic (exact) mass is 1640 g/mol. The number of H-pyrrole nitrogens is 2. The molecule has 0 unspecified atom stereocenters. The third-order valence-corrected chi connectivity index (χ3v) is 20.4. The summed E-state index contributed by atoms with van der Waals surface area (Å²) in [5.41, 5.74) is 17.6. The van der Waals surface area contributed by atoms with Crippen molar-refractivity contribution in [2.24, 2.45) is 28.3 Å². The van der Waals surface area contributed by atoms with Gasteiger partial charge in [0.15, 0.2) is 15.8 Å². The van der Waals surface area contributed by atoms with Crippen molar-refractivity contribution in [2.45, 2.75) is 185 Å². The van der Waals surface area contributed by atoms with E-state index in [1.165, 1.54) is 66.0 Å². The number of allylic oxidation sites excluding steroid dienone is 2. The van der Waals surface area contributed by atoms with Crippen molar-refractivity contribution in [1.82, 2.24) is 67.7 Å². The number of benzene rings is 4. The fraction of sp³-hybridized carbons (Fsp3) is 0.432. The number of para-hydroxylation sites is 1. The summed E-state index contributed by atoms with van der Waals surface area (Å²) in [5.74, 6) is -9.78. The van der Waals surface area contributed by atoms with Crippen LogP contribution in [0.2, 0.25) is 0 Å². The van der Waals surface area contributed by atoms with Crippen molar-refractivity contribution in [3.63, 3.8) is 0 Å². The van der Waals surface area contributed by atoms with E-state index in [-0.39, 0.29) is 118 Å². The number of nitrogens with zero attached hydrogens (tertiary/aromatic N) is 3. The summed E-state index contributed by atoms with van der Waals surface area (Å²) in [6.45, 7) is 11.7. The van der Waals surface area contributed by atoms with Crippen LogP contribution in [0.5, 0.6) is 5.75 Å². The molecule has 117 heavy (non-hydrogen) atoms. The molecule has 0 radical (unpaired) electrons. The number of aliphatic imine (C=N–C) groups is 1. The minimum atomic E-state index is -3.27. The van der Waals surface area contributed by atoms with Crippen LogP contribution in [0.3, 0.4) is 0 Å². The van der Waals surface area contributed by atoms with Crippen LogP contribution < -0.4 is 59.3 Å². The number of imidazole rings is 1. The first-order chi connectivity index (χ1) is 55.4. The van der Waals surface area contributed by atoms with Crippen LogP contribution in [-0.4, -0.2) is 213 Å². The zero-order chi connectivity index (χ0) is 86.0. The predicted octanol–water partition coefficient (Wildman–Crippen LogP) is 2.68. The second-order valence-electron chi connectivity index (χ2n) is 29.6. The minimum absolute atomic E-state index is 0.0397. The lowest BCUT2D eigenvalue weighted by molar-refractivity contribution is -0.142. The minimum Gasteiger partial charge on any atom is -0.508 e. The van der Waals surface area contributed by atoms with E-state index in [9.17, 15) is 75.8 Å². The van der Waals surface area contributed by atoms with Crippen LogP contribution >= 0.6 is 0 Å². The molecule has 3 aliphatic rings. The van der Waals surface area contributed by atoms with E-state index in [4.69, 9.17) is 26.5 Å². The number of aliphatic hydroxyl groups is 1. The van der Waals surface area contributed by atoms with Gasteiger partial charge in [0.05, 0.1) is 24.3 Å². The molecule has 6 aromatic rings. The molecule has 2 fully saturated rings. The van der Waals surface area contributed by atoms with Gasteiger partial charge >= 0.3 is 5.97 Å². The number of amides is 10. The van der Waals surface area contributed by atoms with Crippen LogP contribution in [0.1, 0.15) is 140 Å². The number of halogens is 1. The Morgan fingerprint density at radius 2 is 1.28 bits per heavy atom. The lowest BCUT2D eigenvalue weighted by Gasteiger charge is -2.31. The number of aromatic nitrogens is 3. The number of hydrogen-bond acceptors (Lipinski definition) is 18. The molecular weight excluding hydrogens is 1540 g/mol. The maximum absolute atomic E-state index is 14.7. The third-order valence-electron chi connectivity index (χ3n) is 19.3. The van der Waals surface area contributed by atoms with E-state index in [0.717, 1.165) is 41.0 Å². The van der Waals surface area contributed by atoms with Gasteiger partial charge in [-0.05, 0) is 164 Å². The SMILES string of the molecule is CC(=O)O.CC1=C(CC(=O)O)c2cc(F)ccc2/C1=C\c1ccc(S(C)(=O)=O)cc1.CCNC(=O)[C@@H]1CCCN1C(=O)[C@H](CCCN=C(N)N)NC(=O)[C@H](CC(C)C)NC(=O)[C@@H](CC(C)C)NC(=O)[C@H](Cc1ccc(O)cc1)NC(=O)[C@H](CO)NC(=O)[C@H](Cc1c[nH]c2ccccc12)NC(=O)[C@H](Cc1cnc[nH]1)NC(=O)[C@@H]1CCC(=O)N1. The number of hydrogen-bond donors (Lipinski definition) is 17. The molecule has 0 saturated carbocycles. The highest BCUT2D eigenvalue weighted by atomic mass is 32.2. The first kappa shape index (κ1) is 91.8. The molecule has 9 rings (SSSR count). The summed E-state index contributed by atoms with van der Waals surface area (Å²) in [5, 5.41) is 62.5. The van der Waals surface area contributed by atoms with Gasteiger partial charge in [0.1, 0.15) is 65.9 Å². The van der Waals surface area contributed by atoms with Crippen LogP contribution in [0.25, 0.3) is 28.1 Å². The average molecular weight is 1640 g/mol. The summed E-state index contributed by atoms with van der Waals surface area (Å²) in [7, 11) is -3.27. The first-order valence-corrected chi connectivity index (χ1v) is 40.2. The van der Waals surface area contributed by atoms with Gasteiger partial charge in [-0.25, -0.2) is 17.8 Å². The van der Waals surface area contributed by atoms with E-state index >= 15 is 0 Å². The number of aromatic hydroxyl groups is 1. The second-order valence-corrected chi connectivity index (χ2v) is 31.6. The molecule has 4 aromatic carbocycles. The van der Waals surface area contributed by atoms with Crippen LogP contribution in [0.15, 0.2) is 125 Å². The molecule has 2 saturated heterocycles. The van der Waals surface area contributed by atoms with Crippen LogP contribution in [-0.2, 0) is 86.6 Å². The van der Waals surface area contributed by atoms with Gasteiger partial charge in [0, 0.05) is 87.5 Å². The molecule has 4 heterocycles. The van der Waals surface area contributed by atoms with Crippen molar-refractivity contribution in [3.8, 4) is 5.75 Å². The molecule has 34 nitrogen and oxygen atoms in total. The molecule has 36 heteroatoms. The zero-order valence-electron chi connectivity index (χ0n) is 66.4. The fourth-order valence-corrected chi connectivity index (χ4v) is 14.2. The van der Waals surface area contributed by atoms with Gasteiger partial charge in [0.25, 0.3) is 5.97 Å². The molecule has 0 bridgehead atoms. The molecule has 19 N–H and O–H groups in total. The molecule has 0 spiro atoms. The van der Waals surface area contributed by atoms with Gasteiger partial charge in [-0.3, -0.25) is 62.5 Å². The molecule has 2 aromatic heterocycles. The Morgan fingerprint density at radius 3 is 1.84 bits per heavy atom. The Balaban J connectivity index is 0.000000523. The van der Waals surface area contributed by atoms with Crippen molar-refractivity contribution >= 4 is 115 Å². The molecule has 630 valence electrons. The Labute approximate surface area is 676 Å². The number of carbonyl (C=O) groups is 12. The molecule has 9 atom stereocenters. The topological polar surface area (TPSA) is 540 Å². The average Bonchev–Trinajstić information content (AvgIpc) is 1.62. The molecule has 1 aliphatic carbocycles. The number of phenols is 1. The number of nitrogens with two attached hydrogens (primary N) is 2. The Hall–Kier alpha value is -12.3. The van der Waals surface area contributed by atoms with Crippen LogP contribution in [0.4, 0.5) is 4.39 Å². The van der Waals surface area contributed by atoms with E-state index in [0.29, 0.717) is 52.7 Å². The summed E-state index contributed by atoms with van der Waals surface area (Å²) in [6.07, 6.45) is 8.62. The van der Waals surface area contributed by atoms with Crippen molar-refractivity contribution in [2.75, 3.05) is 32.5 Å². The Kier molecular flexibility index (Phi) is 34.1. The quantitative estimate of drug-likeness (QED) is 0.0153. The number of guanidine groups is 1. The van der Waals surface area contributed by atoms with Crippen molar-refractivity contribution in [3.05, 3.63) is 155 Å². The highest BCUT2D eigenvalue weighted by Crippen LogP contribution is 2.44. The van der Waals surface area contributed by atoms with Gasteiger partial charge in [-0.1, -0.05) is 76.2 Å². The van der Waals surface area contributed by atoms with Gasteiger partial charge in [-0.15, -0.1) is 0 Å². The Morgan fingerprint density at radius 1 is 0.709 bits per heavy atom. The highest BCUT2D eigenvalue weighted by molar-refractivity contribution is 7.90. The lowest BCUT2D eigenvalue weighted by Crippen LogP contribution is -2.61. The number of aliphatic hydroxyl groups excluding tert-OH is 1. The number of fused-ring (bicyclic) bond motifs is 2. The fourth-order valence-electron chi connectivity index (χ4n) is 13.6. The normalized spacial score (nSPS) is 16.4. The number of phenolic OH excluding ortho intramolecular Hbond substituents is 1. The number of rotatable bonds is 36.